The van der Waals surface area contributed by atoms with Crippen LogP contribution in [0.5, 0.6) is 0 Å². The fraction of sp³-hybridized carbons (Fsp3) is 0.500. The topological polar surface area (TPSA) is 163 Å². The van der Waals surface area contributed by atoms with Gasteiger partial charge in [-0.25, -0.2) is 0 Å². The van der Waals surface area contributed by atoms with Crippen molar-refractivity contribution >= 4 is 5.97 Å². The van der Waals surface area contributed by atoms with Crippen LogP contribution in [0, 0.1) is 0 Å². The summed E-state index contributed by atoms with van der Waals surface area (Å²) in [7, 11) is 0. The van der Waals surface area contributed by atoms with E-state index in [0.717, 1.165) is 6.92 Å². The maximum atomic E-state index is 9.00. The standard InChI is InChI=1S/C2H4O2.Mo.4H2O/c1-2(3)4;;;;;/h1H3,(H,3,4);;4*1H2. The summed E-state index contributed by atoms with van der Waals surface area (Å²) in [5.74, 6) is -0.833. The molecule has 0 aromatic heterocycles. The van der Waals surface area contributed by atoms with E-state index in [-0.39, 0.29) is 43.0 Å². The molecule has 9 heavy (non-hydrogen) atoms. The van der Waals surface area contributed by atoms with Gasteiger partial charge < -0.3 is 27.0 Å². The summed E-state index contributed by atoms with van der Waals surface area (Å²) in [6, 6.07) is 0. The summed E-state index contributed by atoms with van der Waals surface area (Å²) in [4.78, 5) is 9.00. The molecule has 0 atom stereocenters. The van der Waals surface area contributed by atoms with Crippen LogP contribution in [0.1, 0.15) is 6.92 Å². The molecule has 0 fully saturated rings. The first-order valence-corrected chi connectivity index (χ1v) is 0.928. The second-order valence-corrected chi connectivity index (χ2v) is 0.519. The van der Waals surface area contributed by atoms with Crippen molar-refractivity contribution in [3.8, 4) is 0 Å². The van der Waals surface area contributed by atoms with E-state index < -0.39 is 5.97 Å². The van der Waals surface area contributed by atoms with Crippen molar-refractivity contribution < 1.29 is 52.9 Å². The van der Waals surface area contributed by atoms with Crippen LogP contribution in [0.2, 0.25) is 0 Å². The predicted octanol–water partition coefficient (Wildman–Crippen LogP) is -3.21. The van der Waals surface area contributed by atoms with Crippen molar-refractivity contribution in [1.29, 1.82) is 0 Å². The van der Waals surface area contributed by atoms with Crippen LogP contribution in [0.4, 0.5) is 0 Å². The van der Waals surface area contributed by atoms with Crippen LogP contribution in [-0.2, 0) is 25.9 Å². The molecule has 0 heterocycles. The zero-order valence-electron chi connectivity index (χ0n) is 4.76. The summed E-state index contributed by atoms with van der Waals surface area (Å²) >= 11 is 0. The van der Waals surface area contributed by atoms with E-state index in [1.165, 1.54) is 0 Å². The van der Waals surface area contributed by atoms with E-state index in [1.54, 1.807) is 0 Å². The molecule has 7 heteroatoms. The zero-order valence-corrected chi connectivity index (χ0v) is 6.77. The van der Waals surface area contributed by atoms with Gasteiger partial charge in [0.05, 0.1) is 0 Å². The van der Waals surface area contributed by atoms with Crippen LogP contribution >= 0.6 is 0 Å². The molecule has 0 amide bonds. The van der Waals surface area contributed by atoms with Crippen molar-refractivity contribution in [2.45, 2.75) is 6.92 Å². The van der Waals surface area contributed by atoms with Crippen LogP contribution in [0.15, 0.2) is 0 Å². The van der Waals surface area contributed by atoms with Crippen molar-refractivity contribution in [1.82, 2.24) is 0 Å². The van der Waals surface area contributed by atoms with Crippen LogP contribution < -0.4 is 0 Å². The average Bonchev–Trinajstić information content (AvgIpc) is 0.811. The van der Waals surface area contributed by atoms with Gasteiger partial charge in [0.15, 0.2) is 0 Å². The Morgan fingerprint density at radius 2 is 1.11 bits per heavy atom. The third-order valence-corrected chi connectivity index (χ3v) is 0. The molecule has 0 radical (unpaired) electrons. The van der Waals surface area contributed by atoms with Crippen LogP contribution in [-0.4, -0.2) is 33.0 Å². The Balaban J connectivity index is -0.00000000450. The normalized spacial score (nSPS) is 2.78. The van der Waals surface area contributed by atoms with Crippen LogP contribution in [0.3, 0.4) is 0 Å². The number of hydrogen-bond acceptors (Lipinski definition) is 1. The molecule has 0 aromatic rings. The monoisotopic (exact) mass is 230 g/mol. The Morgan fingerprint density at radius 3 is 1.11 bits per heavy atom. The minimum atomic E-state index is -0.833. The first-order valence-electron chi connectivity index (χ1n) is 0.928. The molecule has 0 aliphatic rings. The largest absolute Gasteiger partial charge is 0.481 e. The molecule has 9 N–H and O–H groups in total. The fourth-order valence-corrected chi connectivity index (χ4v) is 0. The van der Waals surface area contributed by atoms with Crippen molar-refractivity contribution in [2.24, 2.45) is 0 Å². The van der Waals surface area contributed by atoms with Gasteiger partial charge in [0.1, 0.15) is 0 Å². The van der Waals surface area contributed by atoms with E-state index in [1.807, 2.05) is 0 Å². The SMILES string of the molecule is CC(=O)O.O.O.O.O.[Mo]. The third kappa shape index (κ3) is 101000000. The number of carbonyl (C=O) groups is 1. The zero-order chi connectivity index (χ0) is 3.58. The van der Waals surface area contributed by atoms with Crippen molar-refractivity contribution in [3.63, 3.8) is 0 Å². The summed E-state index contributed by atoms with van der Waals surface area (Å²) in [5, 5.41) is 7.42. The van der Waals surface area contributed by atoms with E-state index in [9.17, 15) is 0 Å². The summed E-state index contributed by atoms with van der Waals surface area (Å²) < 4.78 is 0. The average molecular weight is 228 g/mol. The molecule has 0 aromatic carbocycles. The van der Waals surface area contributed by atoms with Gasteiger partial charge in [-0.15, -0.1) is 0 Å². The molecular weight excluding hydrogens is 216 g/mol. The first kappa shape index (κ1) is 64.0. The molecule has 0 aliphatic heterocycles. The number of rotatable bonds is 0. The fourth-order valence-electron chi connectivity index (χ4n) is 0. The number of carboxylic acids is 1. The van der Waals surface area contributed by atoms with Gasteiger partial charge in [-0.2, -0.15) is 0 Å². The Hall–Kier alpha value is -0.00169. The summed E-state index contributed by atoms with van der Waals surface area (Å²) in [5.41, 5.74) is 0. The Morgan fingerprint density at radius 1 is 1.11 bits per heavy atom. The molecule has 62 valence electrons. The Bertz CT molecular complexity index is 34.0. The number of hydrogen-bond donors (Lipinski definition) is 1. The third-order valence-electron chi connectivity index (χ3n) is 0. The predicted molar refractivity (Wildman–Crippen MR) is 27.8 cm³/mol. The van der Waals surface area contributed by atoms with Gasteiger partial charge >= 0.3 is 0 Å². The number of carboxylic acid groups (broad SMARTS) is 1. The Labute approximate surface area is 66.4 Å². The van der Waals surface area contributed by atoms with E-state index in [0.29, 0.717) is 0 Å². The maximum absolute atomic E-state index is 9.00. The quantitative estimate of drug-likeness (QED) is 0.431. The molecule has 0 bridgehead atoms. The second-order valence-electron chi connectivity index (χ2n) is 0.519. The molecule has 0 spiro atoms. The summed E-state index contributed by atoms with van der Waals surface area (Å²) in [6.45, 7) is 1.08. The van der Waals surface area contributed by atoms with Crippen molar-refractivity contribution in [3.05, 3.63) is 0 Å². The van der Waals surface area contributed by atoms with Gasteiger partial charge in [-0.1, -0.05) is 0 Å². The van der Waals surface area contributed by atoms with Gasteiger partial charge in [-0.3, -0.25) is 4.79 Å². The number of aliphatic carboxylic acids is 1. The van der Waals surface area contributed by atoms with E-state index in [4.69, 9.17) is 9.90 Å². The van der Waals surface area contributed by atoms with Gasteiger partial charge in [-0.05, 0) is 0 Å². The molecule has 0 saturated carbocycles. The molecular formula is C2H12MoO6. The van der Waals surface area contributed by atoms with Crippen molar-refractivity contribution in [2.75, 3.05) is 0 Å². The molecule has 6 nitrogen and oxygen atoms in total. The minimum Gasteiger partial charge on any atom is -0.481 e. The smallest absolute Gasteiger partial charge is 0.300 e. The minimum absolute atomic E-state index is 0. The second kappa shape index (κ2) is 43.6. The Kier molecular flexibility index (Phi) is 310. The maximum Gasteiger partial charge on any atom is 0.300 e. The molecule has 0 unspecified atom stereocenters. The van der Waals surface area contributed by atoms with E-state index in [2.05, 4.69) is 0 Å². The first-order chi connectivity index (χ1) is 1.73. The van der Waals surface area contributed by atoms with Gasteiger partial charge in [0.2, 0.25) is 0 Å². The molecule has 0 aliphatic carbocycles. The molecule has 0 saturated heterocycles. The summed E-state index contributed by atoms with van der Waals surface area (Å²) in [6.07, 6.45) is 0. The molecule has 0 rings (SSSR count). The van der Waals surface area contributed by atoms with E-state index >= 15 is 0 Å². The van der Waals surface area contributed by atoms with Crippen LogP contribution in [0.25, 0.3) is 0 Å². The van der Waals surface area contributed by atoms with Gasteiger partial charge in [0.25, 0.3) is 5.97 Å². The van der Waals surface area contributed by atoms with Gasteiger partial charge in [0, 0.05) is 28.0 Å².